The molecule has 12 N–H and O–H groups in total. The largest absolute Gasteiger partial charge is 0.508 e. The molecule has 2 aromatic carbocycles. The highest BCUT2D eigenvalue weighted by Gasteiger charge is 2.41. The van der Waals surface area contributed by atoms with Gasteiger partial charge in [-0.25, -0.2) is 9.59 Å². The summed E-state index contributed by atoms with van der Waals surface area (Å²) in [5, 5.41) is 51.0. The molecule has 8 atom stereocenters. The third kappa shape index (κ3) is 16.7. The molecule has 0 saturated carbocycles. The summed E-state index contributed by atoms with van der Waals surface area (Å²) in [6.45, 7) is 12.1. The quantitative estimate of drug-likeness (QED) is 0.0727. The lowest BCUT2D eigenvalue weighted by Crippen LogP contribution is -2.61. The number of aliphatic hydroxyl groups is 1. The fraction of sp³-hybridized carbons (Fsp3) is 0.532. The van der Waals surface area contributed by atoms with Crippen LogP contribution in [0, 0.1) is 17.8 Å². The van der Waals surface area contributed by atoms with Crippen LogP contribution in [0.5, 0.6) is 5.75 Å². The van der Waals surface area contributed by atoms with Crippen molar-refractivity contribution in [1.29, 1.82) is 0 Å². The zero-order valence-corrected chi connectivity index (χ0v) is 40.0. The number of carbonyl (C=O) groups is 8. The van der Waals surface area contributed by atoms with Crippen molar-refractivity contribution in [2.24, 2.45) is 23.5 Å². The molecule has 23 heteroatoms. The molecule has 1 fully saturated rings. The summed E-state index contributed by atoms with van der Waals surface area (Å²) in [7, 11) is 0. The minimum atomic E-state index is -5.08. The number of nitrogens with two attached hydrogens (primary N) is 1. The van der Waals surface area contributed by atoms with Gasteiger partial charge < -0.3 is 62.6 Å². The maximum absolute atomic E-state index is 14.6. The van der Waals surface area contributed by atoms with Crippen molar-refractivity contribution in [3.05, 3.63) is 65.9 Å². The van der Waals surface area contributed by atoms with Crippen LogP contribution in [0.25, 0.3) is 10.9 Å². The van der Waals surface area contributed by atoms with Crippen LogP contribution in [0.1, 0.15) is 78.9 Å². The molecule has 1 aliphatic heterocycles. The number of amides is 6. The van der Waals surface area contributed by atoms with Crippen LogP contribution in [0.4, 0.5) is 13.2 Å². The first-order valence-electron chi connectivity index (χ1n) is 22.7. The predicted octanol–water partition coefficient (Wildman–Crippen LogP) is 1.86. The van der Waals surface area contributed by atoms with Gasteiger partial charge >= 0.3 is 18.1 Å². The van der Waals surface area contributed by atoms with E-state index in [-0.39, 0.29) is 43.4 Å². The summed E-state index contributed by atoms with van der Waals surface area (Å²) in [4.78, 5) is 109. The lowest BCUT2D eigenvalue weighted by Gasteiger charge is -2.32. The zero-order chi connectivity index (χ0) is 52.8. The Morgan fingerprint density at radius 2 is 1.29 bits per heavy atom. The summed E-state index contributed by atoms with van der Waals surface area (Å²) in [5.74, 6) is -8.94. The van der Waals surface area contributed by atoms with Crippen LogP contribution in [-0.4, -0.2) is 139 Å². The first-order valence-corrected chi connectivity index (χ1v) is 22.7. The number of aliphatic carboxylic acids is 2. The predicted molar refractivity (Wildman–Crippen MR) is 248 cm³/mol. The van der Waals surface area contributed by atoms with Gasteiger partial charge in [-0.3, -0.25) is 28.8 Å². The molecule has 4 rings (SSSR count). The van der Waals surface area contributed by atoms with Gasteiger partial charge in [-0.05, 0) is 73.3 Å². The number of phenols is 1. The van der Waals surface area contributed by atoms with Gasteiger partial charge in [-0.1, -0.05) is 71.9 Å². The molecule has 0 radical (unpaired) electrons. The highest BCUT2D eigenvalue weighted by molar-refractivity contribution is 5.98. The van der Waals surface area contributed by atoms with Gasteiger partial charge in [0.25, 0.3) is 0 Å². The number of benzene rings is 2. The van der Waals surface area contributed by atoms with E-state index in [1.165, 1.54) is 24.0 Å². The normalized spacial score (nSPS) is 16.7. The van der Waals surface area contributed by atoms with Gasteiger partial charge in [0.2, 0.25) is 35.4 Å². The van der Waals surface area contributed by atoms with Crippen molar-refractivity contribution >= 4 is 58.3 Å². The number of halogens is 3. The fourth-order valence-corrected chi connectivity index (χ4v) is 7.66. The van der Waals surface area contributed by atoms with E-state index in [0.29, 0.717) is 24.0 Å². The second kappa shape index (κ2) is 25.7. The van der Waals surface area contributed by atoms with Crippen molar-refractivity contribution in [3.8, 4) is 5.75 Å². The first kappa shape index (κ1) is 57.6. The van der Waals surface area contributed by atoms with Crippen molar-refractivity contribution < 1.29 is 72.0 Å². The number of likely N-dealkylation sites (tertiary alicyclic amines) is 1. The number of aliphatic hydroxyl groups excluding tert-OH is 1. The van der Waals surface area contributed by atoms with E-state index in [2.05, 4.69) is 31.6 Å². The molecule has 3 aromatic rings. The Bertz CT molecular complexity index is 2300. The van der Waals surface area contributed by atoms with Crippen LogP contribution in [0.15, 0.2) is 54.7 Å². The number of aromatic amines is 1. The molecule has 1 saturated heterocycles. The molecule has 0 spiro atoms. The van der Waals surface area contributed by atoms with Crippen LogP contribution in [0.3, 0.4) is 0 Å². The topological polar surface area (TPSA) is 323 Å². The number of hydrogen-bond donors (Lipinski definition) is 11. The number of carbonyl (C=O) groups excluding carboxylic acids is 6. The van der Waals surface area contributed by atoms with E-state index in [4.69, 9.17) is 15.6 Å². The Kier molecular flexibility index (Phi) is 21.2. The lowest BCUT2D eigenvalue weighted by molar-refractivity contribution is -0.192. The Morgan fingerprint density at radius 3 is 1.81 bits per heavy atom. The van der Waals surface area contributed by atoms with Crippen LogP contribution >= 0.6 is 0 Å². The summed E-state index contributed by atoms with van der Waals surface area (Å²) in [6, 6.07) is 4.95. The molecule has 0 aliphatic carbocycles. The smallest absolute Gasteiger partial charge is 0.490 e. The minimum Gasteiger partial charge on any atom is -0.508 e. The van der Waals surface area contributed by atoms with Gasteiger partial charge in [0.1, 0.15) is 36.0 Å². The van der Waals surface area contributed by atoms with Crippen molar-refractivity contribution in [1.82, 2.24) is 36.5 Å². The molecule has 0 bridgehead atoms. The number of carboxylic acids is 2. The number of nitrogens with one attached hydrogen (secondary N) is 6. The number of H-pyrrole nitrogens is 1. The van der Waals surface area contributed by atoms with Gasteiger partial charge in [-0.2, -0.15) is 13.2 Å². The molecule has 2 heterocycles. The third-order valence-electron chi connectivity index (χ3n) is 11.4. The van der Waals surface area contributed by atoms with E-state index in [1.54, 1.807) is 46.0 Å². The second-order valence-corrected chi connectivity index (χ2v) is 18.3. The van der Waals surface area contributed by atoms with E-state index in [9.17, 15) is 62.1 Å². The molecule has 6 amide bonds. The highest BCUT2D eigenvalue weighted by atomic mass is 19.4. The summed E-state index contributed by atoms with van der Waals surface area (Å²) >= 11 is 0. The monoisotopic (exact) mass is 990 g/mol. The third-order valence-corrected chi connectivity index (χ3v) is 11.4. The number of nitrogens with zero attached hydrogens (tertiary/aromatic N) is 1. The van der Waals surface area contributed by atoms with Gasteiger partial charge in [0.15, 0.2) is 6.04 Å². The first-order chi connectivity index (χ1) is 32.6. The molecule has 0 unspecified atom stereocenters. The molecule has 1 aliphatic rings. The minimum absolute atomic E-state index is 0.0177. The lowest BCUT2D eigenvalue weighted by atomic mass is 9.97. The number of hydrogen-bond acceptors (Lipinski definition) is 11. The van der Waals surface area contributed by atoms with Crippen LogP contribution in [0.2, 0.25) is 0 Å². The van der Waals surface area contributed by atoms with Crippen LogP contribution < -0.4 is 32.3 Å². The maximum atomic E-state index is 14.6. The molecule has 20 nitrogen and oxygen atoms in total. The fourth-order valence-electron chi connectivity index (χ4n) is 7.66. The van der Waals surface area contributed by atoms with Gasteiger partial charge in [-0.15, -0.1) is 0 Å². The van der Waals surface area contributed by atoms with Crippen molar-refractivity contribution in [2.75, 3.05) is 6.54 Å². The average Bonchev–Trinajstić information content (AvgIpc) is 3.93. The molecule has 386 valence electrons. The Balaban J connectivity index is 0.00000171. The van der Waals surface area contributed by atoms with E-state index >= 15 is 0 Å². The van der Waals surface area contributed by atoms with Gasteiger partial charge in [0, 0.05) is 36.5 Å². The van der Waals surface area contributed by atoms with Crippen molar-refractivity contribution in [2.45, 2.75) is 135 Å². The van der Waals surface area contributed by atoms with Gasteiger partial charge in [0.05, 0.1) is 12.1 Å². The van der Waals surface area contributed by atoms with Crippen LogP contribution in [-0.2, 0) is 51.2 Å². The number of carboxylic acid groups (broad SMARTS) is 2. The number of aromatic nitrogens is 1. The molecular formula is C47H65F3N8O12. The van der Waals surface area contributed by atoms with Crippen molar-refractivity contribution in [3.63, 3.8) is 0 Å². The molecule has 1 aromatic heterocycles. The number of para-hydroxylation sites is 1. The molecular weight excluding hydrogens is 926 g/mol. The number of aromatic hydroxyl groups is 1. The standard InChI is InChI=1S/C45H64N8O10.C2HF3O2/c1-23(2)19-31(46)39(56)50-37(25(5)6)43(60)51-36(24(3)4)42(59)49-34(20-27-14-16-29(55)17-15-27)44(61)53-18-10-13-35(53)41(58)48-33(40(57)52-38(26(7)54)45(62)63)21-28-22-47-32-12-9-8-11-30(28)32;3-2(4,5)1(6)7/h8-9,11-12,14-17,22-26,31,33-38,47,54-55H,10,13,18-21,46H2,1-7H3,(H,48,58)(H,49,59)(H,50,56)(H,51,60)(H,52,57)(H,62,63);(H,6,7)/t26-,31+,33+,34+,35+,36+,37+,38+;/m1./s1. The number of rotatable bonds is 21. The SMILES string of the molecule is CC(C)C[C@H](N)C(=O)N[C@H](C(=O)N[C@H](C(=O)N[C@@H](Cc1ccc(O)cc1)C(=O)N1CCC[C@H]1C(=O)N[C@@H](Cc1c[nH]c2ccccc12)C(=O)N[C@H](C(=O)O)[C@@H](C)O)C(C)C)C(C)C.O=C(O)C(F)(F)F. The summed E-state index contributed by atoms with van der Waals surface area (Å²) < 4.78 is 31.7. The van der Waals surface area contributed by atoms with E-state index in [0.717, 1.165) is 10.9 Å². The zero-order valence-electron chi connectivity index (χ0n) is 40.0. The number of alkyl halides is 3. The summed E-state index contributed by atoms with van der Waals surface area (Å²) in [6.07, 6.45) is -3.98. The number of fused-ring (bicyclic) bond motifs is 1. The van der Waals surface area contributed by atoms with E-state index in [1.807, 2.05) is 38.1 Å². The average molecular weight is 991 g/mol. The number of phenolic OH excluding ortho intramolecular Hbond substituents is 1. The maximum Gasteiger partial charge on any atom is 0.490 e. The Morgan fingerprint density at radius 1 is 0.743 bits per heavy atom. The molecule has 70 heavy (non-hydrogen) atoms. The highest BCUT2D eigenvalue weighted by Crippen LogP contribution is 2.23. The summed E-state index contributed by atoms with van der Waals surface area (Å²) in [5.41, 5.74) is 8.08. The Hall–Kier alpha value is -6.75. The second-order valence-electron chi connectivity index (χ2n) is 18.3. The Labute approximate surface area is 402 Å². The van der Waals surface area contributed by atoms with E-state index < -0.39 is 108 Å².